The predicted octanol–water partition coefficient (Wildman–Crippen LogP) is 3.85. The average Bonchev–Trinajstić information content (AvgIpc) is 3.33. The van der Waals surface area contributed by atoms with Crippen molar-refractivity contribution in [3.8, 4) is 5.75 Å². The molecule has 2 fully saturated rings. The minimum atomic E-state index is 0.103. The minimum absolute atomic E-state index is 0.103. The third-order valence-corrected chi connectivity index (χ3v) is 7.40. The Kier molecular flexibility index (Phi) is 7.59. The van der Waals surface area contributed by atoms with Gasteiger partial charge in [-0.05, 0) is 50.3 Å². The van der Waals surface area contributed by atoms with Crippen LogP contribution in [0.15, 0.2) is 29.3 Å². The Morgan fingerprint density at radius 3 is 2.69 bits per heavy atom. The fraction of sp³-hybridized carbons (Fsp3) is 0.692. The van der Waals surface area contributed by atoms with Crippen LogP contribution in [0.4, 0.5) is 0 Å². The highest BCUT2D eigenvalue weighted by Crippen LogP contribution is 2.28. The van der Waals surface area contributed by atoms with Gasteiger partial charge in [0.05, 0.1) is 19.7 Å². The van der Waals surface area contributed by atoms with Gasteiger partial charge in [0.2, 0.25) is 5.91 Å². The second-order valence-electron chi connectivity index (χ2n) is 10.0. The summed E-state index contributed by atoms with van der Waals surface area (Å²) in [7, 11) is 1.70. The van der Waals surface area contributed by atoms with Gasteiger partial charge in [0.15, 0.2) is 5.96 Å². The Morgan fingerprint density at radius 1 is 1.22 bits per heavy atom. The van der Waals surface area contributed by atoms with E-state index >= 15 is 0 Å². The smallest absolute Gasteiger partial charge is 0.220 e. The number of methoxy groups -OCH3 is 1. The van der Waals surface area contributed by atoms with Crippen molar-refractivity contribution >= 4 is 11.9 Å². The van der Waals surface area contributed by atoms with Gasteiger partial charge in [0, 0.05) is 31.6 Å². The fourth-order valence-electron chi connectivity index (χ4n) is 5.54. The number of carbonyl (C=O) groups is 1. The Balaban J connectivity index is 1.33. The molecule has 0 unspecified atom stereocenters. The van der Waals surface area contributed by atoms with Crippen LogP contribution in [0.5, 0.6) is 5.75 Å². The van der Waals surface area contributed by atoms with Gasteiger partial charge >= 0.3 is 0 Å². The molecule has 176 valence electrons. The second kappa shape index (κ2) is 10.6. The van der Waals surface area contributed by atoms with Crippen molar-refractivity contribution in [2.75, 3.05) is 26.7 Å². The molecule has 2 heterocycles. The number of benzene rings is 1. The summed E-state index contributed by atoms with van der Waals surface area (Å²) in [6, 6.07) is 9.30. The van der Waals surface area contributed by atoms with Crippen LogP contribution in [0.2, 0.25) is 0 Å². The number of nitrogens with zero attached hydrogens (tertiary/aromatic N) is 3. The topological polar surface area (TPSA) is 57.2 Å². The van der Waals surface area contributed by atoms with Crippen molar-refractivity contribution in [1.29, 1.82) is 0 Å². The van der Waals surface area contributed by atoms with Gasteiger partial charge in [-0.1, -0.05) is 44.2 Å². The van der Waals surface area contributed by atoms with Crippen molar-refractivity contribution < 1.29 is 9.53 Å². The lowest BCUT2D eigenvalue weighted by Gasteiger charge is -2.29. The lowest BCUT2D eigenvalue weighted by atomic mass is 9.86. The first-order valence-electron chi connectivity index (χ1n) is 12.5. The third kappa shape index (κ3) is 5.57. The van der Waals surface area contributed by atoms with Crippen molar-refractivity contribution in [3.63, 3.8) is 0 Å². The van der Waals surface area contributed by atoms with Crippen molar-refractivity contribution in [2.24, 2.45) is 10.9 Å². The van der Waals surface area contributed by atoms with Crippen molar-refractivity contribution in [2.45, 2.75) is 83.3 Å². The van der Waals surface area contributed by atoms with Crippen LogP contribution in [-0.2, 0) is 11.2 Å². The van der Waals surface area contributed by atoms with Crippen LogP contribution < -0.4 is 10.1 Å². The van der Waals surface area contributed by atoms with E-state index in [0.29, 0.717) is 18.5 Å². The molecular formula is C26H40N4O2. The first-order chi connectivity index (χ1) is 15.5. The Labute approximate surface area is 193 Å². The van der Waals surface area contributed by atoms with E-state index in [0.717, 1.165) is 50.1 Å². The van der Waals surface area contributed by atoms with E-state index in [1.165, 1.54) is 37.7 Å². The maximum Gasteiger partial charge on any atom is 0.220 e. The zero-order chi connectivity index (χ0) is 22.5. The van der Waals surface area contributed by atoms with Gasteiger partial charge in [-0.25, -0.2) is 0 Å². The van der Waals surface area contributed by atoms with Crippen molar-refractivity contribution in [1.82, 2.24) is 15.1 Å². The number of aliphatic imine (C=N–C) groups is 1. The highest BCUT2D eigenvalue weighted by molar-refractivity contribution is 5.85. The van der Waals surface area contributed by atoms with E-state index in [1.54, 1.807) is 7.11 Å². The van der Waals surface area contributed by atoms with Gasteiger partial charge < -0.3 is 19.9 Å². The summed E-state index contributed by atoms with van der Waals surface area (Å²) in [5.74, 6) is 2.95. The molecule has 0 radical (unpaired) electrons. The van der Waals surface area contributed by atoms with E-state index in [4.69, 9.17) is 9.73 Å². The van der Waals surface area contributed by atoms with E-state index < -0.39 is 0 Å². The molecule has 6 heteroatoms. The van der Waals surface area contributed by atoms with Crippen LogP contribution in [0.1, 0.15) is 64.4 Å². The maximum absolute atomic E-state index is 12.6. The summed E-state index contributed by atoms with van der Waals surface area (Å²) in [5, 5.41) is 3.27. The zero-order valence-electron chi connectivity index (χ0n) is 20.1. The summed E-state index contributed by atoms with van der Waals surface area (Å²) in [5.41, 5.74) is 1.30. The average molecular weight is 441 g/mol. The lowest BCUT2D eigenvalue weighted by molar-refractivity contribution is -0.122. The molecule has 1 aromatic carbocycles. The van der Waals surface area contributed by atoms with Crippen LogP contribution in [0.25, 0.3) is 0 Å². The predicted molar refractivity (Wildman–Crippen MR) is 129 cm³/mol. The van der Waals surface area contributed by atoms with Crippen molar-refractivity contribution in [3.05, 3.63) is 29.8 Å². The highest BCUT2D eigenvalue weighted by Gasteiger charge is 2.40. The van der Waals surface area contributed by atoms with Crippen LogP contribution in [0.3, 0.4) is 0 Å². The molecule has 4 rings (SSSR count). The number of fused-ring (bicyclic) bond motifs is 1. The maximum atomic E-state index is 12.6. The molecular weight excluding hydrogens is 400 g/mol. The number of rotatable bonds is 9. The summed E-state index contributed by atoms with van der Waals surface area (Å²) in [6.45, 7) is 7.04. The number of carbonyl (C=O) groups excluding carboxylic acids is 1. The number of guanidine groups is 1. The summed E-state index contributed by atoms with van der Waals surface area (Å²) in [4.78, 5) is 22.3. The SMILES string of the molecule is COc1ccc(C[C@@H]2CN3C(=NC[C@@H]3C)N2C[C@H](C)NC(=O)CCC2CCCCC2)cc1. The Morgan fingerprint density at radius 2 is 1.97 bits per heavy atom. The molecule has 3 aliphatic rings. The molecule has 0 bridgehead atoms. The number of nitrogens with one attached hydrogen (secondary N) is 1. The highest BCUT2D eigenvalue weighted by atomic mass is 16.5. The van der Waals surface area contributed by atoms with E-state index in [2.05, 4.69) is 41.1 Å². The third-order valence-electron chi connectivity index (χ3n) is 7.40. The molecule has 0 spiro atoms. The summed E-state index contributed by atoms with van der Waals surface area (Å²) in [6.07, 6.45) is 9.32. The monoisotopic (exact) mass is 440 g/mol. The van der Waals surface area contributed by atoms with Gasteiger partial charge in [-0.3, -0.25) is 9.79 Å². The molecule has 1 aromatic rings. The van der Waals surface area contributed by atoms with E-state index in [9.17, 15) is 4.79 Å². The van der Waals surface area contributed by atoms with Gasteiger partial charge in [0.1, 0.15) is 5.75 Å². The Hall–Kier alpha value is -2.24. The standard InChI is InChI=1S/C26H40N4O2/c1-19(28-25(31)14-11-21-7-5-4-6-8-21)17-30-23(18-29-20(2)16-27-26(29)30)15-22-9-12-24(32-3)13-10-22/h9-10,12-13,19-21,23H,4-8,11,14-18H2,1-3H3,(H,28,31)/t19-,20-,23+/m0/s1. The molecule has 1 N–H and O–H groups in total. The molecule has 2 aliphatic heterocycles. The summed E-state index contributed by atoms with van der Waals surface area (Å²) >= 11 is 0. The largest absolute Gasteiger partial charge is 0.497 e. The first-order valence-corrected chi connectivity index (χ1v) is 12.5. The molecule has 32 heavy (non-hydrogen) atoms. The molecule has 1 saturated carbocycles. The fourth-order valence-corrected chi connectivity index (χ4v) is 5.54. The van der Waals surface area contributed by atoms with E-state index in [1.807, 2.05) is 12.1 Å². The molecule has 1 aliphatic carbocycles. The van der Waals surface area contributed by atoms with Crippen LogP contribution in [0, 0.1) is 5.92 Å². The number of ether oxygens (including phenoxy) is 1. The number of hydrogen-bond acceptors (Lipinski definition) is 5. The minimum Gasteiger partial charge on any atom is -0.497 e. The molecule has 1 amide bonds. The van der Waals surface area contributed by atoms with Crippen LogP contribution >= 0.6 is 0 Å². The number of amides is 1. The Bertz CT molecular complexity index is 788. The van der Waals surface area contributed by atoms with Gasteiger partial charge in [-0.15, -0.1) is 0 Å². The molecule has 3 atom stereocenters. The van der Waals surface area contributed by atoms with Crippen LogP contribution in [-0.4, -0.2) is 66.5 Å². The van der Waals surface area contributed by atoms with E-state index in [-0.39, 0.29) is 11.9 Å². The normalized spacial score (nSPS) is 24.3. The second-order valence-corrected chi connectivity index (χ2v) is 10.0. The zero-order valence-corrected chi connectivity index (χ0v) is 20.1. The van der Waals surface area contributed by atoms with Gasteiger partial charge in [-0.2, -0.15) is 0 Å². The quantitative estimate of drug-likeness (QED) is 0.634. The molecule has 6 nitrogen and oxygen atoms in total. The van der Waals surface area contributed by atoms with Gasteiger partial charge in [0.25, 0.3) is 0 Å². The molecule has 0 aromatic heterocycles. The first kappa shape index (κ1) is 22.9. The lowest BCUT2D eigenvalue weighted by Crippen LogP contribution is -2.46. The number of hydrogen-bond donors (Lipinski definition) is 1. The molecule has 1 saturated heterocycles. The summed E-state index contributed by atoms with van der Waals surface area (Å²) < 4.78 is 5.31.